The molecule has 5 heteroatoms. The van der Waals surface area contributed by atoms with Crippen LogP contribution in [0, 0.1) is 0 Å². The molecular weight excluding hydrogens is 302 g/mol. The van der Waals surface area contributed by atoms with Gasteiger partial charge in [0, 0.05) is 26.2 Å². The Balaban J connectivity index is 1.66. The van der Waals surface area contributed by atoms with E-state index >= 15 is 0 Å². The van der Waals surface area contributed by atoms with Crippen LogP contribution in [0.1, 0.15) is 25.7 Å². The number of ether oxygens (including phenoxy) is 1. The van der Waals surface area contributed by atoms with E-state index in [4.69, 9.17) is 4.74 Å². The van der Waals surface area contributed by atoms with Gasteiger partial charge in [-0.15, -0.1) is 0 Å². The van der Waals surface area contributed by atoms with Crippen molar-refractivity contribution in [2.45, 2.75) is 31.7 Å². The Hall–Kier alpha value is -2.01. The molecule has 1 aliphatic carbocycles. The molecule has 0 spiro atoms. The molecule has 1 aromatic carbocycles. The first-order valence-electron chi connectivity index (χ1n) is 8.81. The largest absolute Gasteiger partial charge is 0.495 e. The summed E-state index contributed by atoms with van der Waals surface area (Å²) in [6.07, 6.45) is 8.36. The molecule has 0 aromatic heterocycles. The molecule has 1 saturated heterocycles. The minimum Gasteiger partial charge on any atom is -0.495 e. The van der Waals surface area contributed by atoms with Crippen LogP contribution in [-0.2, 0) is 0 Å². The van der Waals surface area contributed by atoms with E-state index in [9.17, 15) is 5.21 Å². The predicted octanol–water partition coefficient (Wildman–Crippen LogP) is 3.15. The van der Waals surface area contributed by atoms with Gasteiger partial charge in [0.1, 0.15) is 5.75 Å². The molecule has 0 bridgehead atoms. The van der Waals surface area contributed by atoms with Gasteiger partial charge in [0.2, 0.25) is 0 Å². The van der Waals surface area contributed by atoms with Crippen molar-refractivity contribution in [2.24, 2.45) is 5.16 Å². The van der Waals surface area contributed by atoms with Crippen LogP contribution in [0.3, 0.4) is 0 Å². The molecule has 1 unspecified atom stereocenters. The third kappa shape index (κ3) is 3.73. The summed E-state index contributed by atoms with van der Waals surface area (Å²) in [6, 6.07) is 8.46. The van der Waals surface area contributed by atoms with E-state index < -0.39 is 0 Å². The minimum atomic E-state index is 0.264. The van der Waals surface area contributed by atoms with Crippen LogP contribution >= 0.6 is 0 Å². The van der Waals surface area contributed by atoms with Gasteiger partial charge in [-0.05, 0) is 37.8 Å². The highest BCUT2D eigenvalue weighted by Crippen LogP contribution is 2.29. The van der Waals surface area contributed by atoms with Crippen LogP contribution in [0.2, 0.25) is 0 Å². The topological polar surface area (TPSA) is 48.3 Å². The standard InChI is InChI=1S/C19H27N3O2/c1-24-19-11-7-6-10-18(19)22-14-12-21(13-15-22)17-9-5-3-2-4-8-16(17)20-23/h2-3,6-7,10-11,17,23H,4-5,8-9,12-15H2,1H3. The Morgan fingerprint density at radius 2 is 1.83 bits per heavy atom. The molecule has 1 aromatic rings. The van der Waals surface area contributed by atoms with Gasteiger partial charge in [-0.1, -0.05) is 29.4 Å². The fourth-order valence-corrected chi connectivity index (χ4v) is 3.73. The van der Waals surface area contributed by atoms with Crippen molar-refractivity contribution in [1.82, 2.24) is 4.90 Å². The fraction of sp³-hybridized carbons (Fsp3) is 0.526. The molecular formula is C19H27N3O2. The quantitative estimate of drug-likeness (QED) is 0.526. The lowest BCUT2D eigenvalue weighted by atomic mass is 9.96. The lowest BCUT2D eigenvalue weighted by Crippen LogP contribution is -2.53. The second-order valence-electron chi connectivity index (χ2n) is 6.39. The van der Waals surface area contributed by atoms with E-state index in [1.165, 1.54) is 0 Å². The second-order valence-corrected chi connectivity index (χ2v) is 6.39. The number of anilines is 1. The smallest absolute Gasteiger partial charge is 0.142 e. The molecule has 5 nitrogen and oxygen atoms in total. The van der Waals surface area contributed by atoms with Crippen LogP contribution in [0.15, 0.2) is 41.6 Å². The summed E-state index contributed by atoms with van der Waals surface area (Å²) < 4.78 is 5.49. The van der Waals surface area contributed by atoms with Crippen LogP contribution in [0.5, 0.6) is 5.75 Å². The van der Waals surface area contributed by atoms with Crippen molar-refractivity contribution >= 4 is 11.4 Å². The van der Waals surface area contributed by atoms with Gasteiger partial charge in [0.25, 0.3) is 0 Å². The molecule has 1 fully saturated rings. The first-order chi connectivity index (χ1) is 11.8. The average Bonchev–Trinajstić information content (AvgIpc) is 2.62. The summed E-state index contributed by atoms with van der Waals surface area (Å²) >= 11 is 0. The maximum atomic E-state index is 9.42. The van der Waals surface area contributed by atoms with E-state index in [1.54, 1.807) is 7.11 Å². The number of nitrogens with zero attached hydrogens (tertiary/aromatic N) is 3. The van der Waals surface area contributed by atoms with E-state index in [-0.39, 0.29) is 6.04 Å². The monoisotopic (exact) mass is 329 g/mol. The number of allylic oxidation sites excluding steroid dienone is 2. The third-order valence-electron chi connectivity index (χ3n) is 5.03. The third-order valence-corrected chi connectivity index (χ3v) is 5.03. The molecule has 3 rings (SSSR count). The highest BCUT2D eigenvalue weighted by Gasteiger charge is 2.28. The van der Waals surface area contributed by atoms with Crippen molar-refractivity contribution in [2.75, 3.05) is 38.2 Å². The number of para-hydroxylation sites is 2. The first kappa shape index (κ1) is 16.8. The van der Waals surface area contributed by atoms with Gasteiger partial charge in [-0.2, -0.15) is 0 Å². The molecule has 0 amide bonds. The Morgan fingerprint density at radius 1 is 1.08 bits per heavy atom. The summed E-state index contributed by atoms with van der Waals surface area (Å²) in [5.41, 5.74) is 2.10. The van der Waals surface area contributed by atoms with Crippen molar-refractivity contribution in [1.29, 1.82) is 0 Å². The summed E-state index contributed by atoms with van der Waals surface area (Å²) in [7, 11) is 1.72. The van der Waals surface area contributed by atoms with E-state index in [1.807, 2.05) is 12.1 Å². The van der Waals surface area contributed by atoms with Gasteiger partial charge in [-0.3, -0.25) is 4.90 Å². The average molecular weight is 329 g/mol. The van der Waals surface area contributed by atoms with Gasteiger partial charge in [0.05, 0.1) is 24.6 Å². The minimum absolute atomic E-state index is 0.264. The van der Waals surface area contributed by atoms with Gasteiger partial charge in [-0.25, -0.2) is 0 Å². The molecule has 1 atom stereocenters. The Bertz CT molecular complexity index is 592. The molecule has 2 aliphatic rings. The van der Waals surface area contributed by atoms with E-state index in [0.29, 0.717) is 0 Å². The molecule has 1 aliphatic heterocycles. The lowest BCUT2D eigenvalue weighted by Gasteiger charge is -2.41. The lowest BCUT2D eigenvalue weighted by molar-refractivity contribution is 0.211. The number of methoxy groups -OCH3 is 1. The number of hydrogen-bond donors (Lipinski definition) is 1. The van der Waals surface area contributed by atoms with E-state index in [2.05, 4.69) is 39.2 Å². The highest BCUT2D eigenvalue weighted by atomic mass is 16.5. The zero-order valence-corrected chi connectivity index (χ0v) is 14.4. The van der Waals surface area contributed by atoms with E-state index in [0.717, 1.165) is 69.0 Å². The van der Waals surface area contributed by atoms with Crippen molar-refractivity contribution in [3.63, 3.8) is 0 Å². The number of hydrogen-bond acceptors (Lipinski definition) is 5. The summed E-state index contributed by atoms with van der Waals surface area (Å²) in [5, 5.41) is 13.0. The summed E-state index contributed by atoms with van der Waals surface area (Å²) in [5.74, 6) is 0.930. The number of benzene rings is 1. The number of piperazine rings is 1. The Morgan fingerprint density at radius 3 is 2.58 bits per heavy atom. The van der Waals surface area contributed by atoms with Crippen LogP contribution in [0.4, 0.5) is 5.69 Å². The molecule has 24 heavy (non-hydrogen) atoms. The zero-order chi connectivity index (χ0) is 16.8. The summed E-state index contributed by atoms with van der Waals surface area (Å²) in [6.45, 7) is 3.88. The number of rotatable bonds is 3. The summed E-state index contributed by atoms with van der Waals surface area (Å²) in [4.78, 5) is 4.86. The molecule has 1 N–H and O–H groups in total. The van der Waals surface area contributed by atoms with Crippen molar-refractivity contribution in [3.8, 4) is 5.75 Å². The highest BCUT2D eigenvalue weighted by molar-refractivity contribution is 5.89. The fourth-order valence-electron chi connectivity index (χ4n) is 3.73. The zero-order valence-electron chi connectivity index (χ0n) is 14.4. The Kier molecular flexibility index (Phi) is 5.75. The first-order valence-corrected chi connectivity index (χ1v) is 8.81. The molecule has 0 saturated carbocycles. The van der Waals surface area contributed by atoms with Gasteiger partial charge < -0.3 is 14.8 Å². The van der Waals surface area contributed by atoms with Crippen LogP contribution in [-0.4, -0.2) is 55.1 Å². The molecule has 130 valence electrons. The van der Waals surface area contributed by atoms with Gasteiger partial charge >= 0.3 is 0 Å². The maximum Gasteiger partial charge on any atom is 0.142 e. The normalized spacial score (nSPS) is 24.6. The molecule has 1 heterocycles. The predicted molar refractivity (Wildman–Crippen MR) is 97.4 cm³/mol. The Labute approximate surface area is 144 Å². The SMILES string of the molecule is COc1ccccc1N1CCN(C2CCC=CCCC2=NO)CC1. The van der Waals surface area contributed by atoms with Crippen LogP contribution < -0.4 is 9.64 Å². The van der Waals surface area contributed by atoms with Crippen LogP contribution in [0.25, 0.3) is 0 Å². The maximum absolute atomic E-state index is 9.42. The second kappa shape index (κ2) is 8.20. The van der Waals surface area contributed by atoms with Gasteiger partial charge in [0.15, 0.2) is 0 Å². The van der Waals surface area contributed by atoms with Crippen molar-refractivity contribution < 1.29 is 9.94 Å². The van der Waals surface area contributed by atoms with Crippen molar-refractivity contribution in [3.05, 3.63) is 36.4 Å². The molecule has 0 radical (unpaired) electrons. The number of oxime groups is 1.